The second-order valence-electron chi connectivity index (χ2n) is 7.77. The molecule has 6 heteroatoms. The largest absolute Gasteiger partial charge is 0.497 e. The molecule has 0 fully saturated rings. The molecule has 1 aromatic heterocycles. The molecule has 0 aliphatic heterocycles. The highest BCUT2D eigenvalue weighted by atomic mass is 32.2. The summed E-state index contributed by atoms with van der Waals surface area (Å²) in [6.07, 6.45) is 0. The van der Waals surface area contributed by atoms with Gasteiger partial charge >= 0.3 is 0 Å². The number of thiazole rings is 1. The Morgan fingerprint density at radius 3 is 2.47 bits per heavy atom. The number of methoxy groups -OCH3 is 1. The van der Waals surface area contributed by atoms with Crippen molar-refractivity contribution in [2.45, 2.75) is 31.2 Å². The zero-order chi connectivity index (χ0) is 22.5. The Bertz CT molecular complexity index is 1190. The number of amides is 1. The third kappa shape index (κ3) is 5.14. The molecule has 0 radical (unpaired) electrons. The van der Waals surface area contributed by atoms with Gasteiger partial charge in [0, 0.05) is 4.90 Å². The van der Waals surface area contributed by atoms with Crippen LogP contribution in [0.25, 0.3) is 10.2 Å². The fraction of sp³-hybridized carbons (Fsp3) is 0.231. The first-order valence-corrected chi connectivity index (χ1v) is 12.4. The van der Waals surface area contributed by atoms with Gasteiger partial charge in [0.1, 0.15) is 5.75 Å². The molecule has 0 saturated heterocycles. The van der Waals surface area contributed by atoms with Gasteiger partial charge in [-0.2, -0.15) is 0 Å². The van der Waals surface area contributed by atoms with E-state index in [0.717, 1.165) is 31.6 Å². The Kier molecular flexibility index (Phi) is 7.12. The summed E-state index contributed by atoms with van der Waals surface area (Å²) >= 11 is 3.11. The molecule has 0 unspecified atom stereocenters. The van der Waals surface area contributed by atoms with E-state index >= 15 is 0 Å². The van der Waals surface area contributed by atoms with E-state index in [1.807, 2.05) is 59.5 Å². The van der Waals surface area contributed by atoms with E-state index < -0.39 is 0 Å². The molecule has 0 spiro atoms. The van der Waals surface area contributed by atoms with Gasteiger partial charge in [-0.15, -0.1) is 11.8 Å². The molecule has 4 nitrogen and oxygen atoms in total. The van der Waals surface area contributed by atoms with E-state index in [1.54, 1.807) is 18.4 Å². The van der Waals surface area contributed by atoms with Gasteiger partial charge in [-0.1, -0.05) is 67.6 Å². The van der Waals surface area contributed by atoms with E-state index in [4.69, 9.17) is 9.72 Å². The van der Waals surface area contributed by atoms with Gasteiger partial charge in [0.15, 0.2) is 5.13 Å². The smallest absolute Gasteiger partial charge is 0.239 e. The lowest BCUT2D eigenvalue weighted by molar-refractivity contribution is -0.116. The lowest BCUT2D eigenvalue weighted by Gasteiger charge is -2.20. The minimum Gasteiger partial charge on any atom is -0.497 e. The van der Waals surface area contributed by atoms with E-state index in [1.165, 1.54) is 17.3 Å². The highest BCUT2D eigenvalue weighted by Crippen LogP contribution is 2.34. The molecule has 0 aliphatic carbocycles. The van der Waals surface area contributed by atoms with E-state index in [9.17, 15) is 4.79 Å². The molecule has 4 aromatic rings. The second-order valence-corrected chi connectivity index (χ2v) is 9.83. The number of anilines is 1. The maximum Gasteiger partial charge on any atom is 0.239 e. The molecule has 1 amide bonds. The third-order valence-electron chi connectivity index (χ3n) is 5.20. The van der Waals surface area contributed by atoms with Crippen LogP contribution in [0.2, 0.25) is 0 Å². The summed E-state index contributed by atoms with van der Waals surface area (Å²) in [6, 6.07) is 24.1. The van der Waals surface area contributed by atoms with Crippen molar-refractivity contribution < 1.29 is 9.53 Å². The molecule has 164 valence electrons. The number of carbonyl (C=O) groups is 1. The van der Waals surface area contributed by atoms with Gasteiger partial charge in [0.25, 0.3) is 0 Å². The topological polar surface area (TPSA) is 42.4 Å². The van der Waals surface area contributed by atoms with Crippen molar-refractivity contribution in [1.29, 1.82) is 0 Å². The van der Waals surface area contributed by atoms with E-state index in [0.29, 0.717) is 18.2 Å². The average Bonchev–Trinajstić information content (AvgIpc) is 3.26. The monoisotopic (exact) mass is 462 g/mol. The van der Waals surface area contributed by atoms with Crippen molar-refractivity contribution in [1.82, 2.24) is 4.98 Å². The molecular formula is C26H26N2O2S2. The predicted molar refractivity (Wildman–Crippen MR) is 135 cm³/mol. The lowest BCUT2D eigenvalue weighted by Crippen LogP contribution is -2.31. The van der Waals surface area contributed by atoms with Crippen molar-refractivity contribution in [3.05, 3.63) is 83.9 Å². The van der Waals surface area contributed by atoms with Crippen LogP contribution in [0.15, 0.2) is 77.7 Å². The Labute approximate surface area is 197 Å². The Morgan fingerprint density at radius 2 is 1.78 bits per heavy atom. The number of benzene rings is 3. The van der Waals surface area contributed by atoms with Crippen LogP contribution < -0.4 is 9.64 Å². The van der Waals surface area contributed by atoms with Crippen molar-refractivity contribution in [2.75, 3.05) is 17.8 Å². The standard InChI is InChI=1S/C26H26N2O2S2/c1-18(2)22-10-7-11-23-25(22)27-26(32-23)28(16-19-8-5-4-6-9-19)24(29)17-31-21-14-12-20(30-3)13-15-21/h4-15,18H,16-17H2,1-3H3. The SMILES string of the molecule is COc1ccc(SCC(=O)N(Cc2ccccc2)c2nc3c(C(C)C)cccc3s2)cc1. The molecule has 32 heavy (non-hydrogen) atoms. The zero-order valence-electron chi connectivity index (χ0n) is 18.4. The Hall–Kier alpha value is -2.83. The van der Waals surface area contributed by atoms with Gasteiger partial charge in [-0.3, -0.25) is 9.69 Å². The molecular weight excluding hydrogens is 436 g/mol. The number of nitrogens with zero attached hydrogens (tertiary/aromatic N) is 2. The number of aromatic nitrogens is 1. The summed E-state index contributed by atoms with van der Waals surface area (Å²) in [5.41, 5.74) is 3.29. The summed E-state index contributed by atoms with van der Waals surface area (Å²) in [6.45, 7) is 4.85. The molecule has 3 aromatic carbocycles. The number of fused-ring (bicyclic) bond motifs is 1. The summed E-state index contributed by atoms with van der Waals surface area (Å²) in [4.78, 5) is 21.2. The summed E-state index contributed by atoms with van der Waals surface area (Å²) < 4.78 is 6.33. The molecule has 0 bridgehead atoms. The minimum atomic E-state index is 0.0415. The molecule has 1 heterocycles. The highest BCUT2D eigenvalue weighted by molar-refractivity contribution is 8.00. The van der Waals surface area contributed by atoms with Crippen LogP contribution in [0.4, 0.5) is 5.13 Å². The minimum absolute atomic E-state index is 0.0415. The second kappa shape index (κ2) is 10.2. The summed E-state index contributed by atoms with van der Waals surface area (Å²) in [7, 11) is 1.65. The first-order chi connectivity index (χ1) is 15.5. The molecule has 0 saturated carbocycles. The average molecular weight is 463 g/mol. The van der Waals surface area contributed by atoms with Crippen LogP contribution >= 0.6 is 23.1 Å². The van der Waals surface area contributed by atoms with Gasteiger partial charge < -0.3 is 4.74 Å². The zero-order valence-corrected chi connectivity index (χ0v) is 20.1. The summed E-state index contributed by atoms with van der Waals surface area (Å²) in [5, 5.41) is 0.747. The van der Waals surface area contributed by atoms with Crippen LogP contribution in [0.3, 0.4) is 0 Å². The third-order valence-corrected chi connectivity index (χ3v) is 7.24. The van der Waals surface area contributed by atoms with Crippen LogP contribution in [0.5, 0.6) is 5.75 Å². The first-order valence-electron chi connectivity index (χ1n) is 10.6. The van der Waals surface area contributed by atoms with Crippen LogP contribution in [-0.4, -0.2) is 23.8 Å². The van der Waals surface area contributed by atoms with Gasteiger partial charge in [0.2, 0.25) is 5.91 Å². The molecule has 0 aliphatic rings. The van der Waals surface area contributed by atoms with Crippen LogP contribution in [-0.2, 0) is 11.3 Å². The van der Waals surface area contributed by atoms with Crippen molar-refractivity contribution in [3.8, 4) is 5.75 Å². The quantitative estimate of drug-likeness (QED) is 0.272. The number of rotatable bonds is 8. The fourth-order valence-corrected chi connectivity index (χ4v) is 5.25. The highest BCUT2D eigenvalue weighted by Gasteiger charge is 2.21. The molecule has 0 atom stereocenters. The molecule has 4 rings (SSSR count). The predicted octanol–water partition coefficient (Wildman–Crippen LogP) is 6.75. The van der Waals surface area contributed by atoms with Crippen molar-refractivity contribution >= 4 is 44.4 Å². The van der Waals surface area contributed by atoms with E-state index in [-0.39, 0.29) is 5.91 Å². The fourth-order valence-electron chi connectivity index (χ4n) is 3.46. The number of ether oxygens (including phenoxy) is 1. The van der Waals surface area contributed by atoms with Crippen molar-refractivity contribution in [2.24, 2.45) is 0 Å². The number of para-hydroxylation sites is 1. The number of hydrogen-bond donors (Lipinski definition) is 0. The normalized spacial score (nSPS) is 11.1. The maximum atomic E-state index is 13.4. The van der Waals surface area contributed by atoms with Gasteiger partial charge in [0.05, 0.1) is 29.6 Å². The Morgan fingerprint density at radius 1 is 1.03 bits per heavy atom. The lowest BCUT2D eigenvalue weighted by atomic mass is 10.0. The Balaban J connectivity index is 1.61. The van der Waals surface area contributed by atoms with Gasteiger partial charge in [-0.25, -0.2) is 4.98 Å². The number of thioether (sulfide) groups is 1. The number of hydrogen-bond acceptors (Lipinski definition) is 5. The first kappa shape index (κ1) is 22.4. The van der Waals surface area contributed by atoms with Gasteiger partial charge in [-0.05, 0) is 47.4 Å². The van der Waals surface area contributed by atoms with E-state index in [2.05, 4.69) is 32.0 Å². The van der Waals surface area contributed by atoms with Crippen LogP contribution in [0.1, 0.15) is 30.9 Å². The van der Waals surface area contributed by atoms with Crippen LogP contribution in [0, 0.1) is 0 Å². The molecule has 0 N–H and O–H groups in total. The van der Waals surface area contributed by atoms with Crippen molar-refractivity contribution in [3.63, 3.8) is 0 Å². The number of carbonyl (C=O) groups excluding carboxylic acids is 1. The maximum absolute atomic E-state index is 13.4. The summed E-state index contributed by atoms with van der Waals surface area (Å²) in [5.74, 6) is 1.56.